The first-order chi connectivity index (χ1) is 8.79. The largest absolute Gasteiger partial charge is 0.477 e. The quantitative estimate of drug-likeness (QED) is 0.898. The Morgan fingerprint density at radius 3 is 2.89 bits per heavy atom. The minimum absolute atomic E-state index is 0.373. The number of nitrogens with two attached hydrogens (primary N) is 1. The van der Waals surface area contributed by atoms with Gasteiger partial charge >= 0.3 is 0 Å². The van der Waals surface area contributed by atoms with E-state index in [-0.39, 0.29) is 0 Å². The lowest BCUT2D eigenvalue weighted by Crippen LogP contribution is -2.05. The number of pyridine rings is 2. The molecule has 0 amide bonds. The van der Waals surface area contributed by atoms with Crippen LogP contribution >= 0.6 is 11.6 Å². The molecule has 0 aliphatic rings. The van der Waals surface area contributed by atoms with Gasteiger partial charge in [0.25, 0.3) is 0 Å². The van der Waals surface area contributed by atoms with Crippen molar-refractivity contribution in [1.82, 2.24) is 9.97 Å². The number of nitrogens with zero attached hydrogens (tertiary/aromatic N) is 2. The molecule has 94 valence electrons. The van der Waals surface area contributed by atoms with Crippen molar-refractivity contribution in [3.8, 4) is 5.88 Å². The van der Waals surface area contributed by atoms with E-state index in [1.165, 1.54) is 0 Å². The number of hydrogen-bond acceptors (Lipinski definition) is 4. The van der Waals surface area contributed by atoms with E-state index in [4.69, 9.17) is 22.1 Å². The predicted molar refractivity (Wildman–Crippen MR) is 70.6 cm³/mol. The van der Waals surface area contributed by atoms with Crippen molar-refractivity contribution in [3.63, 3.8) is 0 Å². The molecule has 0 spiro atoms. The molecule has 0 atom stereocenters. The van der Waals surface area contributed by atoms with Crippen LogP contribution in [0.1, 0.15) is 11.3 Å². The van der Waals surface area contributed by atoms with Gasteiger partial charge in [-0.05, 0) is 17.7 Å². The summed E-state index contributed by atoms with van der Waals surface area (Å²) >= 11 is 5.92. The topological polar surface area (TPSA) is 61.0 Å². The molecule has 2 heterocycles. The molecule has 2 rings (SSSR count). The smallest absolute Gasteiger partial charge is 0.213 e. The van der Waals surface area contributed by atoms with Crippen LogP contribution in [0.2, 0.25) is 5.02 Å². The van der Waals surface area contributed by atoms with Crippen LogP contribution in [0.15, 0.2) is 36.7 Å². The standard InChI is InChI=1S/C13H14ClN3O/c14-12-9-17-13(7-10(12)8-15)18-6-4-11-3-1-2-5-16-11/h1-3,5,7,9H,4,6,8,15H2. The van der Waals surface area contributed by atoms with Crippen molar-refractivity contribution < 1.29 is 4.74 Å². The molecule has 0 saturated carbocycles. The zero-order valence-corrected chi connectivity index (χ0v) is 10.6. The minimum Gasteiger partial charge on any atom is -0.477 e. The number of ether oxygens (including phenoxy) is 1. The highest BCUT2D eigenvalue weighted by molar-refractivity contribution is 6.31. The molecular weight excluding hydrogens is 250 g/mol. The van der Waals surface area contributed by atoms with Crippen LogP contribution in [0.5, 0.6) is 5.88 Å². The summed E-state index contributed by atoms with van der Waals surface area (Å²) in [4.78, 5) is 8.30. The normalized spacial score (nSPS) is 10.3. The fraction of sp³-hybridized carbons (Fsp3) is 0.231. The van der Waals surface area contributed by atoms with Crippen LogP contribution in [0.4, 0.5) is 0 Å². The van der Waals surface area contributed by atoms with Crippen LogP contribution in [-0.4, -0.2) is 16.6 Å². The highest BCUT2D eigenvalue weighted by Gasteiger charge is 2.03. The van der Waals surface area contributed by atoms with Crippen molar-refractivity contribution in [1.29, 1.82) is 0 Å². The van der Waals surface area contributed by atoms with E-state index < -0.39 is 0 Å². The molecule has 2 aromatic heterocycles. The fourth-order valence-electron chi connectivity index (χ4n) is 1.50. The molecule has 2 aromatic rings. The summed E-state index contributed by atoms with van der Waals surface area (Å²) in [6.45, 7) is 0.896. The molecule has 0 radical (unpaired) electrons. The third-order valence-electron chi connectivity index (χ3n) is 2.46. The predicted octanol–water partition coefficient (Wildman–Crippen LogP) is 2.21. The van der Waals surface area contributed by atoms with E-state index in [0.717, 1.165) is 17.7 Å². The Kier molecular flexibility index (Phi) is 4.50. The van der Waals surface area contributed by atoms with Gasteiger partial charge in [-0.2, -0.15) is 0 Å². The second-order valence-corrected chi connectivity index (χ2v) is 4.14. The average Bonchev–Trinajstić information content (AvgIpc) is 2.42. The first-order valence-corrected chi connectivity index (χ1v) is 6.04. The van der Waals surface area contributed by atoms with Crippen LogP contribution in [0.25, 0.3) is 0 Å². The molecule has 0 fully saturated rings. The summed E-state index contributed by atoms with van der Waals surface area (Å²) in [6.07, 6.45) is 4.06. The van der Waals surface area contributed by atoms with Gasteiger partial charge in [0.15, 0.2) is 0 Å². The van der Waals surface area contributed by atoms with Gasteiger partial charge in [0.1, 0.15) is 0 Å². The van der Waals surface area contributed by atoms with E-state index in [1.807, 2.05) is 18.2 Å². The van der Waals surface area contributed by atoms with E-state index in [2.05, 4.69) is 9.97 Å². The third kappa shape index (κ3) is 3.42. The van der Waals surface area contributed by atoms with Gasteiger partial charge in [-0.3, -0.25) is 4.98 Å². The zero-order valence-electron chi connectivity index (χ0n) is 9.84. The Labute approximate surface area is 111 Å². The summed E-state index contributed by atoms with van der Waals surface area (Å²) in [6, 6.07) is 7.57. The molecule has 0 aliphatic carbocycles. The Morgan fingerprint density at radius 1 is 1.28 bits per heavy atom. The summed E-state index contributed by atoms with van der Waals surface area (Å²) in [7, 11) is 0. The van der Waals surface area contributed by atoms with Crippen molar-refractivity contribution in [3.05, 3.63) is 52.9 Å². The molecule has 0 aliphatic heterocycles. The first kappa shape index (κ1) is 12.8. The van der Waals surface area contributed by atoms with Gasteiger partial charge in [-0.15, -0.1) is 0 Å². The molecular formula is C13H14ClN3O. The third-order valence-corrected chi connectivity index (χ3v) is 2.80. The molecule has 18 heavy (non-hydrogen) atoms. The summed E-state index contributed by atoms with van der Waals surface area (Å²) in [5.41, 5.74) is 7.39. The Balaban J connectivity index is 1.91. The van der Waals surface area contributed by atoms with E-state index in [9.17, 15) is 0 Å². The van der Waals surface area contributed by atoms with Gasteiger partial charge in [0.2, 0.25) is 5.88 Å². The zero-order chi connectivity index (χ0) is 12.8. The summed E-state index contributed by atoms with van der Waals surface area (Å²) in [5, 5.41) is 0.564. The molecule has 0 saturated heterocycles. The van der Waals surface area contributed by atoms with Crippen LogP contribution < -0.4 is 10.5 Å². The van der Waals surface area contributed by atoms with Crippen molar-refractivity contribution in [2.45, 2.75) is 13.0 Å². The van der Waals surface area contributed by atoms with Gasteiger partial charge < -0.3 is 10.5 Å². The monoisotopic (exact) mass is 263 g/mol. The van der Waals surface area contributed by atoms with Gasteiger partial charge in [-0.25, -0.2) is 4.98 Å². The number of rotatable bonds is 5. The molecule has 0 unspecified atom stereocenters. The summed E-state index contributed by atoms with van der Waals surface area (Å²) < 4.78 is 5.54. The van der Waals surface area contributed by atoms with Gasteiger partial charge in [-0.1, -0.05) is 17.7 Å². The summed E-state index contributed by atoms with van der Waals surface area (Å²) in [5.74, 6) is 0.538. The molecule has 0 aromatic carbocycles. The lowest BCUT2D eigenvalue weighted by molar-refractivity contribution is 0.308. The Morgan fingerprint density at radius 2 is 2.17 bits per heavy atom. The number of aromatic nitrogens is 2. The fourth-order valence-corrected chi connectivity index (χ4v) is 1.68. The highest BCUT2D eigenvalue weighted by atomic mass is 35.5. The van der Waals surface area contributed by atoms with Crippen LogP contribution in [0, 0.1) is 0 Å². The lowest BCUT2D eigenvalue weighted by atomic mass is 10.2. The maximum atomic E-state index is 5.92. The molecule has 0 bridgehead atoms. The van der Waals surface area contributed by atoms with Crippen LogP contribution in [0.3, 0.4) is 0 Å². The van der Waals surface area contributed by atoms with E-state index in [0.29, 0.717) is 24.1 Å². The maximum absolute atomic E-state index is 5.92. The van der Waals surface area contributed by atoms with Crippen molar-refractivity contribution >= 4 is 11.6 Å². The number of halogens is 1. The second kappa shape index (κ2) is 6.33. The number of hydrogen-bond donors (Lipinski definition) is 1. The van der Waals surface area contributed by atoms with Crippen LogP contribution in [-0.2, 0) is 13.0 Å². The van der Waals surface area contributed by atoms with Gasteiger partial charge in [0, 0.05) is 37.1 Å². The second-order valence-electron chi connectivity index (χ2n) is 3.74. The Hall–Kier alpha value is -1.65. The minimum atomic E-state index is 0.373. The van der Waals surface area contributed by atoms with Crippen molar-refractivity contribution in [2.75, 3.05) is 6.61 Å². The van der Waals surface area contributed by atoms with Gasteiger partial charge in [0.05, 0.1) is 11.6 Å². The lowest BCUT2D eigenvalue weighted by Gasteiger charge is -2.07. The molecule has 5 heteroatoms. The van der Waals surface area contributed by atoms with Crippen molar-refractivity contribution in [2.24, 2.45) is 5.73 Å². The maximum Gasteiger partial charge on any atom is 0.213 e. The molecule has 4 nitrogen and oxygen atoms in total. The SMILES string of the molecule is NCc1cc(OCCc2ccccn2)ncc1Cl. The van der Waals surface area contributed by atoms with E-state index in [1.54, 1.807) is 18.5 Å². The Bertz CT molecular complexity index is 505. The van der Waals surface area contributed by atoms with E-state index >= 15 is 0 Å². The first-order valence-electron chi connectivity index (χ1n) is 5.67. The molecule has 2 N–H and O–H groups in total. The highest BCUT2D eigenvalue weighted by Crippen LogP contribution is 2.18. The average molecular weight is 264 g/mol.